The molecule has 1 rings (SSSR count). The van der Waals surface area contributed by atoms with Crippen LogP contribution in [-0.2, 0) is 14.8 Å². The summed E-state index contributed by atoms with van der Waals surface area (Å²) in [6, 6.07) is 0. The summed E-state index contributed by atoms with van der Waals surface area (Å²) in [5.74, 6) is -0.288. The summed E-state index contributed by atoms with van der Waals surface area (Å²) >= 11 is 4.77. The number of hydrogen-bond donors (Lipinski definition) is 2. The first-order valence-electron chi connectivity index (χ1n) is 5.44. The van der Waals surface area contributed by atoms with Crippen LogP contribution in [0, 0.1) is 0 Å². The lowest BCUT2D eigenvalue weighted by molar-refractivity contribution is -0.120. The Balaban J connectivity index is 2.95. The molecular formula is C9H17N3O3S2. The molecule has 1 fully saturated rings. The lowest BCUT2D eigenvalue weighted by Gasteiger charge is -2.24. The number of nitrogens with zero attached hydrogens (tertiary/aromatic N) is 1. The van der Waals surface area contributed by atoms with Crippen LogP contribution in [0.1, 0.15) is 19.8 Å². The molecular weight excluding hydrogens is 262 g/mol. The third-order valence-electron chi connectivity index (χ3n) is 2.63. The van der Waals surface area contributed by atoms with E-state index in [9.17, 15) is 13.2 Å². The predicted molar refractivity (Wildman–Crippen MR) is 69.0 cm³/mol. The summed E-state index contributed by atoms with van der Waals surface area (Å²) in [5, 5.41) is 1.74. The fourth-order valence-corrected chi connectivity index (χ4v) is 4.02. The number of thiocarbonyl (C=S) groups is 1. The third kappa shape index (κ3) is 3.36. The molecule has 1 saturated heterocycles. The van der Waals surface area contributed by atoms with Crippen molar-refractivity contribution in [3.05, 3.63) is 0 Å². The van der Waals surface area contributed by atoms with E-state index < -0.39 is 15.3 Å². The highest BCUT2D eigenvalue weighted by Gasteiger charge is 2.34. The minimum Gasteiger partial charge on any atom is -0.392 e. The molecule has 1 aliphatic heterocycles. The minimum absolute atomic E-state index is 0.0443. The predicted octanol–water partition coefficient (Wildman–Crippen LogP) is -0.797. The van der Waals surface area contributed by atoms with E-state index in [-0.39, 0.29) is 17.4 Å². The van der Waals surface area contributed by atoms with Gasteiger partial charge in [0, 0.05) is 13.1 Å². The van der Waals surface area contributed by atoms with Crippen molar-refractivity contribution in [3.8, 4) is 0 Å². The maximum Gasteiger partial charge on any atom is 0.235 e. The van der Waals surface area contributed by atoms with E-state index in [0.717, 1.165) is 0 Å². The highest BCUT2D eigenvalue weighted by molar-refractivity contribution is 7.92. The van der Waals surface area contributed by atoms with Crippen LogP contribution in [0.4, 0.5) is 0 Å². The van der Waals surface area contributed by atoms with Gasteiger partial charge in [-0.3, -0.25) is 4.79 Å². The Hall–Kier alpha value is -0.730. The minimum atomic E-state index is -3.62. The Morgan fingerprint density at radius 1 is 1.65 bits per heavy atom. The molecule has 17 heavy (non-hydrogen) atoms. The normalized spacial score (nSPS) is 20.4. The van der Waals surface area contributed by atoms with Crippen LogP contribution in [0.25, 0.3) is 0 Å². The van der Waals surface area contributed by atoms with Gasteiger partial charge in [-0.1, -0.05) is 19.1 Å². The van der Waals surface area contributed by atoms with Gasteiger partial charge in [-0.2, -0.15) is 4.31 Å². The molecule has 1 heterocycles. The van der Waals surface area contributed by atoms with Gasteiger partial charge in [0.2, 0.25) is 15.9 Å². The van der Waals surface area contributed by atoms with Crippen molar-refractivity contribution in [2.24, 2.45) is 5.73 Å². The van der Waals surface area contributed by atoms with E-state index in [1.54, 1.807) is 6.92 Å². The van der Waals surface area contributed by atoms with Crippen LogP contribution >= 0.6 is 12.2 Å². The Morgan fingerprint density at radius 3 is 2.82 bits per heavy atom. The number of carbonyl (C=O) groups is 1. The number of rotatable bonds is 4. The smallest absolute Gasteiger partial charge is 0.235 e. The summed E-state index contributed by atoms with van der Waals surface area (Å²) in [4.78, 5) is 11.3. The zero-order valence-electron chi connectivity index (χ0n) is 9.68. The summed E-state index contributed by atoms with van der Waals surface area (Å²) in [5.41, 5.74) is 5.44. The van der Waals surface area contributed by atoms with Gasteiger partial charge < -0.3 is 11.1 Å². The zero-order chi connectivity index (χ0) is 13.1. The first kappa shape index (κ1) is 14.3. The van der Waals surface area contributed by atoms with Crippen LogP contribution in [0.15, 0.2) is 0 Å². The molecule has 0 aromatic carbocycles. The molecule has 1 aliphatic rings. The van der Waals surface area contributed by atoms with Gasteiger partial charge in [0.1, 0.15) is 5.25 Å². The molecule has 6 nitrogen and oxygen atoms in total. The van der Waals surface area contributed by atoms with Gasteiger partial charge in [0.15, 0.2) is 0 Å². The van der Waals surface area contributed by atoms with Crippen molar-refractivity contribution in [1.82, 2.24) is 9.62 Å². The molecule has 98 valence electrons. The van der Waals surface area contributed by atoms with Crippen molar-refractivity contribution in [2.75, 3.05) is 19.6 Å². The average Bonchev–Trinajstić information content (AvgIpc) is 2.43. The van der Waals surface area contributed by atoms with Crippen LogP contribution in [0.5, 0.6) is 0 Å². The second-order valence-corrected chi connectivity index (χ2v) is 6.47. The number of carbonyl (C=O) groups excluding carboxylic acids is 1. The van der Waals surface area contributed by atoms with E-state index in [1.807, 2.05) is 0 Å². The molecule has 3 N–H and O–H groups in total. The van der Waals surface area contributed by atoms with Gasteiger partial charge in [-0.15, -0.1) is 0 Å². The number of nitrogens with two attached hydrogens (primary N) is 1. The molecule has 0 aliphatic carbocycles. The summed E-state index contributed by atoms with van der Waals surface area (Å²) in [6.45, 7) is 2.37. The van der Waals surface area contributed by atoms with Gasteiger partial charge in [0.05, 0.1) is 11.5 Å². The number of sulfonamides is 1. The summed E-state index contributed by atoms with van der Waals surface area (Å²) in [6.07, 6.45) is 0.911. The average molecular weight is 279 g/mol. The zero-order valence-corrected chi connectivity index (χ0v) is 11.3. The number of hydrogen-bond acceptors (Lipinski definition) is 4. The maximum atomic E-state index is 12.2. The van der Waals surface area contributed by atoms with Crippen molar-refractivity contribution >= 4 is 33.1 Å². The molecule has 0 aromatic heterocycles. The van der Waals surface area contributed by atoms with Crippen LogP contribution in [0.3, 0.4) is 0 Å². The monoisotopic (exact) mass is 279 g/mol. The Kier molecular flexibility index (Phi) is 4.84. The van der Waals surface area contributed by atoms with Gasteiger partial charge in [-0.05, 0) is 12.8 Å². The maximum absolute atomic E-state index is 12.2. The Labute approximate surface area is 107 Å². The standard InChI is InChI=1S/C9H17N3O3S2/c1-2-7(9(10)16)17(14,15)12-5-3-4-11-8(13)6-12/h7H,2-6H2,1H3,(H2,10,16)(H,11,13). The molecule has 0 spiro atoms. The van der Waals surface area contributed by atoms with Gasteiger partial charge in [-0.25, -0.2) is 8.42 Å². The second-order valence-electron chi connectivity index (χ2n) is 3.88. The molecule has 8 heteroatoms. The van der Waals surface area contributed by atoms with E-state index in [2.05, 4.69) is 5.32 Å². The number of amides is 1. The topological polar surface area (TPSA) is 92.5 Å². The molecule has 0 aromatic rings. The van der Waals surface area contributed by atoms with Gasteiger partial charge >= 0.3 is 0 Å². The lowest BCUT2D eigenvalue weighted by Crippen LogP contribution is -2.46. The molecule has 0 radical (unpaired) electrons. The summed E-state index contributed by atoms with van der Waals surface area (Å²) < 4.78 is 25.6. The SMILES string of the molecule is CCC(C(N)=S)S(=O)(=O)N1CCCNC(=O)C1. The Morgan fingerprint density at radius 2 is 2.29 bits per heavy atom. The molecule has 1 unspecified atom stereocenters. The summed E-state index contributed by atoms with van der Waals surface area (Å²) in [7, 11) is -3.62. The highest BCUT2D eigenvalue weighted by Crippen LogP contribution is 2.14. The van der Waals surface area contributed by atoms with E-state index in [0.29, 0.717) is 25.9 Å². The Bertz CT molecular complexity index is 408. The van der Waals surface area contributed by atoms with E-state index >= 15 is 0 Å². The largest absolute Gasteiger partial charge is 0.392 e. The second kappa shape index (κ2) is 5.74. The van der Waals surface area contributed by atoms with E-state index in [4.69, 9.17) is 18.0 Å². The van der Waals surface area contributed by atoms with Crippen molar-refractivity contribution in [1.29, 1.82) is 0 Å². The molecule has 1 atom stereocenters. The highest BCUT2D eigenvalue weighted by atomic mass is 32.2. The van der Waals surface area contributed by atoms with Crippen LogP contribution in [0.2, 0.25) is 0 Å². The fraction of sp³-hybridized carbons (Fsp3) is 0.778. The van der Waals surface area contributed by atoms with Crippen LogP contribution < -0.4 is 11.1 Å². The van der Waals surface area contributed by atoms with Crippen molar-refractivity contribution < 1.29 is 13.2 Å². The lowest BCUT2D eigenvalue weighted by atomic mass is 10.3. The first-order chi connectivity index (χ1) is 7.89. The van der Waals surface area contributed by atoms with Crippen molar-refractivity contribution in [2.45, 2.75) is 25.0 Å². The molecule has 0 saturated carbocycles. The van der Waals surface area contributed by atoms with Gasteiger partial charge in [0.25, 0.3) is 0 Å². The van der Waals surface area contributed by atoms with E-state index in [1.165, 1.54) is 4.31 Å². The number of nitrogens with one attached hydrogen (secondary N) is 1. The fourth-order valence-electron chi connectivity index (χ4n) is 1.73. The van der Waals surface area contributed by atoms with Crippen molar-refractivity contribution in [3.63, 3.8) is 0 Å². The molecule has 1 amide bonds. The first-order valence-corrected chi connectivity index (χ1v) is 7.35. The third-order valence-corrected chi connectivity index (χ3v) is 5.41. The molecule has 0 bridgehead atoms. The quantitative estimate of drug-likeness (QED) is 0.658. The van der Waals surface area contributed by atoms with Crippen LogP contribution in [-0.4, -0.2) is 48.5 Å².